The van der Waals surface area contributed by atoms with E-state index in [-0.39, 0.29) is 22.9 Å². The Balaban J connectivity index is 2.14. The van der Waals surface area contributed by atoms with E-state index in [1.54, 1.807) is 13.8 Å². The molecule has 0 N–H and O–H groups in total. The van der Waals surface area contributed by atoms with Crippen molar-refractivity contribution in [1.29, 1.82) is 0 Å². The molecule has 21 heavy (non-hydrogen) atoms. The van der Waals surface area contributed by atoms with E-state index in [4.69, 9.17) is 0 Å². The SMILES string of the molecule is Cc1nc(C)n(CCS(=O)(=O)c2ccc([N+](=O)[O-])cc2)n1. The lowest BCUT2D eigenvalue weighted by Gasteiger charge is -2.05. The summed E-state index contributed by atoms with van der Waals surface area (Å²) in [6, 6.07) is 4.84. The van der Waals surface area contributed by atoms with Gasteiger partial charge in [-0.3, -0.25) is 10.1 Å². The van der Waals surface area contributed by atoms with Crippen LogP contribution in [0.3, 0.4) is 0 Å². The second-order valence-electron chi connectivity index (χ2n) is 4.50. The summed E-state index contributed by atoms with van der Waals surface area (Å²) in [7, 11) is -3.52. The zero-order chi connectivity index (χ0) is 15.6. The molecule has 0 saturated heterocycles. The van der Waals surface area contributed by atoms with Crippen LogP contribution >= 0.6 is 0 Å². The van der Waals surface area contributed by atoms with E-state index in [2.05, 4.69) is 10.1 Å². The molecule has 0 spiro atoms. The molecule has 1 aromatic heterocycles. The average molecular weight is 310 g/mol. The Hall–Kier alpha value is -2.29. The van der Waals surface area contributed by atoms with Crippen molar-refractivity contribution in [2.24, 2.45) is 0 Å². The topological polar surface area (TPSA) is 108 Å². The van der Waals surface area contributed by atoms with E-state index in [1.165, 1.54) is 28.9 Å². The second-order valence-corrected chi connectivity index (χ2v) is 6.61. The minimum atomic E-state index is -3.52. The Morgan fingerprint density at radius 2 is 1.86 bits per heavy atom. The van der Waals surface area contributed by atoms with Gasteiger partial charge in [-0.05, 0) is 26.0 Å². The first-order chi connectivity index (χ1) is 9.79. The Kier molecular flexibility index (Phi) is 4.03. The molecule has 0 atom stereocenters. The molecule has 0 aliphatic heterocycles. The van der Waals surface area contributed by atoms with Gasteiger partial charge in [-0.1, -0.05) is 0 Å². The second kappa shape index (κ2) is 5.60. The molecule has 0 radical (unpaired) electrons. The number of nitro benzene ring substituents is 1. The molecule has 0 amide bonds. The first kappa shape index (κ1) is 15.1. The third-order valence-electron chi connectivity index (χ3n) is 2.94. The molecule has 112 valence electrons. The maximum Gasteiger partial charge on any atom is 0.269 e. The van der Waals surface area contributed by atoms with E-state index < -0.39 is 14.8 Å². The summed E-state index contributed by atoms with van der Waals surface area (Å²) in [6.07, 6.45) is 0. The van der Waals surface area contributed by atoms with Crippen molar-refractivity contribution in [3.05, 3.63) is 46.0 Å². The van der Waals surface area contributed by atoms with Crippen molar-refractivity contribution in [2.75, 3.05) is 5.75 Å². The highest BCUT2D eigenvalue weighted by atomic mass is 32.2. The normalized spacial score (nSPS) is 11.5. The number of aryl methyl sites for hydroxylation is 3. The lowest BCUT2D eigenvalue weighted by atomic mass is 10.3. The third-order valence-corrected chi connectivity index (χ3v) is 4.65. The maximum atomic E-state index is 12.2. The van der Waals surface area contributed by atoms with Gasteiger partial charge in [-0.2, -0.15) is 5.10 Å². The molecule has 1 aromatic carbocycles. The predicted octanol–water partition coefficient (Wildman–Crippen LogP) is 1.28. The van der Waals surface area contributed by atoms with Gasteiger partial charge >= 0.3 is 0 Å². The van der Waals surface area contributed by atoms with Crippen LogP contribution in [0.15, 0.2) is 29.2 Å². The largest absolute Gasteiger partial charge is 0.269 e. The molecule has 2 aromatic rings. The zero-order valence-electron chi connectivity index (χ0n) is 11.6. The van der Waals surface area contributed by atoms with Crippen LogP contribution in [0.1, 0.15) is 11.6 Å². The average Bonchev–Trinajstić information content (AvgIpc) is 2.75. The quantitative estimate of drug-likeness (QED) is 0.608. The maximum absolute atomic E-state index is 12.2. The van der Waals surface area contributed by atoms with Crippen molar-refractivity contribution in [1.82, 2.24) is 14.8 Å². The lowest BCUT2D eigenvalue weighted by molar-refractivity contribution is -0.384. The first-order valence-electron chi connectivity index (χ1n) is 6.15. The Bertz CT molecular complexity index is 765. The molecule has 2 rings (SSSR count). The predicted molar refractivity (Wildman–Crippen MR) is 74.6 cm³/mol. The minimum absolute atomic E-state index is 0.0580. The van der Waals surface area contributed by atoms with Crippen LogP contribution in [0, 0.1) is 24.0 Å². The van der Waals surface area contributed by atoms with E-state index in [9.17, 15) is 18.5 Å². The van der Waals surface area contributed by atoms with Gasteiger partial charge in [-0.15, -0.1) is 0 Å². The highest BCUT2D eigenvalue weighted by Crippen LogP contribution is 2.17. The van der Waals surface area contributed by atoms with E-state index >= 15 is 0 Å². The minimum Gasteiger partial charge on any atom is -0.258 e. The number of non-ortho nitro benzene ring substituents is 1. The number of aromatic nitrogens is 3. The van der Waals surface area contributed by atoms with Gasteiger partial charge < -0.3 is 0 Å². The molecule has 1 heterocycles. The number of hydrogen-bond donors (Lipinski definition) is 0. The zero-order valence-corrected chi connectivity index (χ0v) is 12.4. The van der Waals surface area contributed by atoms with Crippen LogP contribution < -0.4 is 0 Å². The Morgan fingerprint density at radius 3 is 2.33 bits per heavy atom. The van der Waals surface area contributed by atoms with Crippen molar-refractivity contribution in [3.8, 4) is 0 Å². The van der Waals surface area contributed by atoms with Crippen LogP contribution in [0.5, 0.6) is 0 Å². The number of sulfone groups is 1. The van der Waals surface area contributed by atoms with Crippen LogP contribution in [-0.4, -0.2) is 33.9 Å². The summed E-state index contributed by atoms with van der Waals surface area (Å²) < 4.78 is 25.9. The van der Waals surface area contributed by atoms with Crippen LogP contribution in [0.2, 0.25) is 0 Å². The van der Waals surface area contributed by atoms with Crippen LogP contribution in [-0.2, 0) is 16.4 Å². The number of nitro groups is 1. The highest BCUT2D eigenvalue weighted by molar-refractivity contribution is 7.91. The van der Waals surface area contributed by atoms with Gasteiger partial charge in [0.25, 0.3) is 5.69 Å². The molecular formula is C12H14N4O4S. The number of nitrogens with zero attached hydrogens (tertiary/aromatic N) is 4. The van der Waals surface area contributed by atoms with Crippen molar-refractivity contribution in [3.63, 3.8) is 0 Å². The van der Waals surface area contributed by atoms with Crippen molar-refractivity contribution < 1.29 is 13.3 Å². The summed E-state index contributed by atoms with van der Waals surface area (Å²) in [6.45, 7) is 3.67. The summed E-state index contributed by atoms with van der Waals surface area (Å²) in [5.74, 6) is 1.08. The Labute approximate surface area is 121 Å². The summed E-state index contributed by atoms with van der Waals surface area (Å²) in [4.78, 5) is 14.1. The summed E-state index contributed by atoms with van der Waals surface area (Å²) >= 11 is 0. The van der Waals surface area contributed by atoms with Gasteiger partial charge in [0.1, 0.15) is 11.6 Å². The van der Waals surface area contributed by atoms with Gasteiger partial charge in [0.05, 0.1) is 22.1 Å². The number of hydrogen-bond acceptors (Lipinski definition) is 6. The van der Waals surface area contributed by atoms with Gasteiger partial charge in [0.15, 0.2) is 9.84 Å². The third kappa shape index (κ3) is 3.43. The fourth-order valence-corrected chi connectivity index (χ4v) is 3.07. The molecule has 0 unspecified atom stereocenters. The molecular weight excluding hydrogens is 296 g/mol. The van der Waals surface area contributed by atoms with E-state index in [1.807, 2.05) is 0 Å². The summed E-state index contributed by atoms with van der Waals surface area (Å²) in [5.41, 5.74) is -0.142. The molecule has 0 aliphatic carbocycles. The fourth-order valence-electron chi connectivity index (χ4n) is 1.87. The molecule has 0 saturated carbocycles. The van der Waals surface area contributed by atoms with Gasteiger partial charge in [0, 0.05) is 12.1 Å². The fraction of sp³-hybridized carbons (Fsp3) is 0.333. The standard InChI is InChI=1S/C12H14N4O4S/c1-9-13-10(2)15(14-9)7-8-21(19,20)12-5-3-11(4-6-12)16(17)18/h3-6H,7-8H2,1-2H3. The van der Waals surface area contributed by atoms with Crippen LogP contribution in [0.25, 0.3) is 0 Å². The molecule has 0 aliphatic rings. The van der Waals surface area contributed by atoms with E-state index in [0.717, 1.165) is 0 Å². The highest BCUT2D eigenvalue weighted by Gasteiger charge is 2.17. The first-order valence-corrected chi connectivity index (χ1v) is 7.80. The number of benzene rings is 1. The van der Waals surface area contributed by atoms with Gasteiger partial charge in [-0.25, -0.2) is 18.1 Å². The van der Waals surface area contributed by atoms with E-state index in [0.29, 0.717) is 11.6 Å². The molecule has 8 nitrogen and oxygen atoms in total. The smallest absolute Gasteiger partial charge is 0.258 e. The van der Waals surface area contributed by atoms with Crippen molar-refractivity contribution in [2.45, 2.75) is 25.3 Å². The van der Waals surface area contributed by atoms with Crippen molar-refractivity contribution >= 4 is 15.5 Å². The summed E-state index contributed by atoms with van der Waals surface area (Å²) in [5, 5.41) is 14.6. The van der Waals surface area contributed by atoms with Gasteiger partial charge in [0.2, 0.25) is 0 Å². The molecule has 9 heteroatoms. The molecule has 0 fully saturated rings. The molecule has 0 bridgehead atoms. The monoisotopic (exact) mass is 310 g/mol. The lowest BCUT2D eigenvalue weighted by Crippen LogP contribution is -2.15. The van der Waals surface area contributed by atoms with Crippen LogP contribution in [0.4, 0.5) is 5.69 Å². The Morgan fingerprint density at radius 1 is 1.24 bits per heavy atom. The number of rotatable bonds is 5.